The zero-order valence-corrected chi connectivity index (χ0v) is 18.7. The van der Waals surface area contributed by atoms with Gasteiger partial charge in [-0.1, -0.05) is 36.7 Å². The smallest absolute Gasteiger partial charge is 0.335 e. The molecule has 33 heavy (non-hydrogen) atoms. The first-order chi connectivity index (χ1) is 15.8. The van der Waals surface area contributed by atoms with Crippen molar-refractivity contribution >= 4 is 23.2 Å². The van der Waals surface area contributed by atoms with Crippen molar-refractivity contribution in [3.8, 4) is 17.3 Å². The molecule has 10 heteroatoms. The Morgan fingerprint density at radius 3 is 2.58 bits per heavy atom. The molecule has 1 atom stereocenters. The van der Waals surface area contributed by atoms with Gasteiger partial charge in [0.2, 0.25) is 11.8 Å². The molecule has 1 amide bonds. The fraction of sp³-hybridized carbons (Fsp3) is 0.217. The molecule has 0 unspecified atom stereocenters. The molecule has 0 radical (unpaired) electrons. The number of aromatic hydroxyl groups is 1. The Hall–Kier alpha value is -3.85. The molecule has 0 bridgehead atoms. The summed E-state index contributed by atoms with van der Waals surface area (Å²) in [7, 11) is 1.53. The number of benzene rings is 2. The second kappa shape index (κ2) is 8.95. The summed E-state index contributed by atoms with van der Waals surface area (Å²) < 4.78 is 6.40. The summed E-state index contributed by atoms with van der Waals surface area (Å²) in [5, 5.41) is 17.1. The zero-order valence-electron chi connectivity index (χ0n) is 17.9. The van der Waals surface area contributed by atoms with E-state index in [1.165, 1.54) is 24.3 Å². The van der Waals surface area contributed by atoms with E-state index in [2.05, 4.69) is 10.1 Å². The van der Waals surface area contributed by atoms with Gasteiger partial charge in [0.05, 0.1) is 24.6 Å². The Kier molecular flexibility index (Phi) is 6.06. The number of hydrogen-bond donors (Lipinski definition) is 2. The van der Waals surface area contributed by atoms with Crippen molar-refractivity contribution in [2.45, 2.75) is 25.8 Å². The third kappa shape index (κ3) is 4.03. The summed E-state index contributed by atoms with van der Waals surface area (Å²) in [5.74, 6) is -0.269. The van der Waals surface area contributed by atoms with Crippen molar-refractivity contribution in [3.63, 3.8) is 0 Å². The topological polar surface area (TPSA) is 117 Å². The Labute approximate surface area is 193 Å². The molecule has 1 aliphatic rings. The second-order valence-electron chi connectivity index (χ2n) is 7.37. The molecule has 0 spiro atoms. The lowest BCUT2D eigenvalue weighted by Crippen LogP contribution is -2.33. The minimum atomic E-state index is -0.815. The lowest BCUT2D eigenvalue weighted by Gasteiger charge is -2.23. The minimum Gasteiger partial charge on any atom is -0.496 e. The van der Waals surface area contributed by atoms with Gasteiger partial charge in [-0.3, -0.25) is 14.6 Å². The number of halogens is 1. The van der Waals surface area contributed by atoms with Crippen molar-refractivity contribution in [2.24, 2.45) is 5.10 Å². The quantitative estimate of drug-likeness (QED) is 0.597. The van der Waals surface area contributed by atoms with E-state index in [9.17, 15) is 19.5 Å². The molecule has 1 aliphatic heterocycles. The summed E-state index contributed by atoms with van der Waals surface area (Å²) in [5.41, 5.74) is -0.607. The number of ether oxygens (including phenoxy) is 1. The standard InChI is InChI=1S/C23H21ClN4O5/c1-3-19(29)28-17(15-6-4-5-7-18(15)33-2)12-16(26-28)20-21(30)25-23(32)27(22(20)31)14-10-8-13(24)9-11-14/h4-11,17,31H,3,12H2,1-2H3,(H,25,30,32)/t17-/m1/s1. The van der Waals surface area contributed by atoms with Gasteiger partial charge in [0, 0.05) is 23.4 Å². The average Bonchev–Trinajstić information content (AvgIpc) is 3.24. The van der Waals surface area contributed by atoms with E-state index < -0.39 is 23.2 Å². The van der Waals surface area contributed by atoms with E-state index in [4.69, 9.17) is 16.3 Å². The first-order valence-corrected chi connectivity index (χ1v) is 10.6. The van der Waals surface area contributed by atoms with Gasteiger partial charge >= 0.3 is 5.69 Å². The van der Waals surface area contributed by atoms with Crippen LogP contribution in [-0.4, -0.2) is 38.4 Å². The molecule has 0 saturated heterocycles. The monoisotopic (exact) mass is 468 g/mol. The van der Waals surface area contributed by atoms with Gasteiger partial charge in [0.1, 0.15) is 11.3 Å². The van der Waals surface area contributed by atoms with Crippen LogP contribution in [-0.2, 0) is 4.79 Å². The maximum Gasteiger partial charge on any atom is 0.335 e. The first-order valence-electron chi connectivity index (χ1n) is 10.2. The number of nitrogens with zero attached hydrogens (tertiary/aromatic N) is 3. The Morgan fingerprint density at radius 2 is 1.91 bits per heavy atom. The van der Waals surface area contributed by atoms with Crippen LogP contribution in [0.25, 0.3) is 5.69 Å². The summed E-state index contributed by atoms with van der Waals surface area (Å²) in [4.78, 5) is 40.1. The maximum absolute atomic E-state index is 12.7. The molecule has 9 nitrogen and oxygen atoms in total. The number of nitrogens with one attached hydrogen (secondary N) is 1. The SMILES string of the molecule is CCC(=O)N1N=C(c2c(O)n(-c3ccc(Cl)cc3)c(=O)[nH]c2=O)C[C@@H]1c1ccccc1OC. The number of aromatic amines is 1. The molecule has 3 aromatic rings. The van der Waals surface area contributed by atoms with Gasteiger partial charge in [0.25, 0.3) is 5.56 Å². The van der Waals surface area contributed by atoms with Crippen LogP contribution >= 0.6 is 11.6 Å². The third-order valence-electron chi connectivity index (χ3n) is 5.43. The first kappa shape index (κ1) is 22.3. The largest absolute Gasteiger partial charge is 0.496 e. The number of H-pyrrole nitrogens is 1. The van der Waals surface area contributed by atoms with E-state index in [1.54, 1.807) is 25.1 Å². The number of amides is 1. The molecule has 0 fully saturated rings. The lowest BCUT2D eigenvalue weighted by molar-refractivity contribution is -0.132. The Bertz CT molecular complexity index is 1360. The predicted octanol–water partition coefficient (Wildman–Crippen LogP) is 2.98. The zero-order chi connectivity index (χ0) is 23.7. The van der Waals surface area contributed by atoms with Crippen LogP contribution in [0.4, 0.5) is 0 Å². The van der Waals surface area contributed by atoms with Gasteiger partial charge in [0.15, 0.2) is 0 Å². The summed E-state index contributed by atoms with van der Waals surface area (Å²) in [6.45, 7) is 1.71. The highest BCUT2D eigenvalue weighted by molar-refractivity contribution is 6.30. The average molecular weight is 469 g/mol. The lowest BCUT2D eigenvalue weighted by atomic mass is 9.98. The number of carbonyl (C=O) groups is 1. The van der Waals surface area contributed by atoms with Crippen molar-refractivity contribution in [2.75, 3.05) is 7.11 Å². The van der Waals surface area contributed by atoms with E-state index in [0.717, 1.165) is 4.57 Å². The molecule has 0 aliphatic carbocycles. The second-order valence-corrected chi connectivity index (χ2v) is 7.81. The number of methoxy groups -OCH3 is 1. The number of hydrazone groups is 1. The summed E-state index contributed by atoms with van der Waals surface area (Å²) >= 11 is 5.92. The van der Waals surface area contributed by atoms with Crippen molar-refractivity contribution in [1.82, 2.24) is 14.6 Å². The molecular weight excluding hydrogens is 448 g/mol. The number of hydrogen-bond acceptors (Lipinski definition) is 6. The highest BCUT2D eigenvalue weighted by atomic mass is 35.5. The van der Waals surface area contributed by atoms with E-state index in [1.807, 2.05) is 18.2 Å². The third-order valence-corrected chi connectivity index (χ3v) is 5.68. The van der Waals surface area contributed by atoms with Crippen LogP contribution in [0.2, 0.25) is 5.02 Å². The van der Waals surface area contributed by atoms with Crippen molar-refractivity contribution < 1.29 is 14.6 Å². The summed E-state index contributed by atoms with van der Waals surface area (Å²) in [6.07, 6.45) is 0.330. The van der Waals surface area contributed by atoms with E-state index >= 15 is 0 Å². The van der Waals surface area contributed by atoms with Crippen LogP contribution in [0.3, 0.4) is 0 Å². The molecular formula is C23H21ClN4O5. The van der Waals surface area contributed by atoms with Crippen molar-refractivity contribution in [3.05, 3.63) is 85.5 Å². The number of rotatable bonds is 5. The maximum atomic E-state index is 12.7. The predicted molar refractivity (Wildman–Crippen MR) is 123 cm³/mol. The number of para-hydroxylation sites is 1. The Balaban J connectivity index is 1.86. The molecule has 170 valence electrons. The van der Waals surface area contributed by atoms with Crippen LogP contribution in [0.5, 0.6) is 11.6 Å². The molecule has 1 aromatic heterocycles. The number of carbonyl (C=O) groups excluding carboxylic acids is 1. The van der Waals surface area contributed by atoms with Gasteiger partial charge in [-0.05, 0) is 30.3 Å². The fourth-order valence-corrected chi connectivity index (χ4v) is 3.98. The van der Waals surface area contributed by atoms with E-state index in [0.29, 0.717) is 22.0 Å². The van der Waals surface area contributed by atoms with Gasteiger partial charge in [-0.2, -0.15) is 5.10 Å². The Morgan fingerprint density at radius 1 is 1.21 bits per heavy atom. The van der Waals surface area contributed by atoms with Crippen LogP contribution in [0.1, 0.15) is 36.9 Å². The fourth-order valence-electron chi connectivity index (χ4n) is 3.85. The highest BCUT2D eigenvalue weighted by Crippen LogP contribution is 2.38. The molecule has 4 rings (SSSR count). The van der Waals surface area contributed by atoms with Crippen LogP contribution < -0.4 is 16.0 Å². The van der Waals surface area contributed by atoms with Crippen LogP contribution in [0.15, 0.2) is 63.2 Å². The minimum absolute atomic E-state index is 0.140. The number of aromatic nitrogens is 2. The van der Waals surface area contributed by atoms with E-state index in [-0.39, 0.29) is 30.0 Å². The van der Waals surface area contributed by atoms with Gasteiger partial charge in [-0.25, -0.2) is 14.4 Å². The van der Waals surface area contributed by atoms with Crippen molar-refractivity contribution in [1.29, 1.82) is 0 Å². The normalized spacial score (nSPS) is 15.4. The highest BCUT2D eigenvalue weighted by Gasteiger charge is 2.36. The molecule has 2 aromatic carbocycles. The molecule has 2 heterocycles. The molecule has 0 saturated carbocycles. The van der Waals surface area contributed by atoms with Gasteiger partial charge in [-0.15, -0.1) is 0 Å². The summed E-state index contributed by atoms with van der Waals surface area (Å²) in [6, 6.07) is 12.8. The van der Waals surface area contributed by atoms with Gasteiger partial charge < -0.3 is 9.84 Å². The molecule has 2 N–H and O–H groups in total. The van der Waals surface area contributed by atoms with Crippen LogP contribution in [0, 0.1) is 0 Å².